The second kappa shape index (κ2) is 15.4. The highest BCUT2D eigenvalue weighted by molar-refractivity contribution is 6.02. The van der Waals surface area contributed by atoms with E-state index in [9.17, 15) is 0 Å². The molecule has 0 amide bonds. The summed E-state index contributed by atoms with van der Waals surface area (Å²) in [5, 5.41) is 2.47. The van der Waals surface area contributed by atoms with Gasteiger partial charge < -0.3 is 4.90 Å². The third-order valence-corrected chi connectivity index (χ3v) is 12.9. The number of fused-ring (bicyclic) bond motifs is 4. The Bertz CT molecular complexity index is 3270. The van der Waals surface area contributed by atoms with E-state index in [-0.39, 0.29) is 5.41 Å². The molecule has 0 bridgehead atoms. The van der Waals surface area contributed by atoms with E-state index in [1.165, 1.54) is 88.7 Å². The maximum Gasteiger partial charge on any atom is 0.0546 e. The molecule has 0 radical (unpaired) electrons. The fraction of sp³-hybridized carbons (Fsp3) is 0.0492. The van der Waals surface area contributed by atoms with Gasteiger partial charge in [0, 0.05) is 22.4 Å². The lowest BCUT2D eigenvalue weighted by Crippen LogP contribution is -2.14. The molecule has 1 aliphatic carbocycles. The zero-order valence-corrected chi connectivity index (χ0v) is 35.0. The van der Waals surface area contributed by atoms with Crippen molar-refractivity contribution in [1.29, 1.82) is 0 Å². The SMILES string of the molecule is CC1(C)c2ccccc2-c2c(-c3cccc(N(c4cccc(-c5ccc6ccccc6c5)c4)c4cccc(-c5ccccc5)c4-c4ccccc4-c4ccccc4)c3)cccc21. The topological polar surface area (TPSA) is 3.24 Å². The van der Waals surface area contributed by atoms with Gasteiger partial charge in [-0.3, -0.25) is 0 Å². The molecule has 10 aromatic rings. The molecule has 0 aliphatic heterocycles. The summed E-state index contributed by atoms with van der Waals surface area (Å²) in [4.78, 5) is 2.48. The van der Waals surface area contributed by atoms with Gasteiger partial charge in [0.25, 0.3) is 0 Å². The largest absolute Gasteiger partial charge is 0.310 e. The Labute approximate surface area is 364 Å². The van der Waals surface area contributed by atoms with Gasteiger partial charge in [-0.15, -0.1) is 0 Å². The van der Waals surface area contributed by atoms with Crippen molar-refractivity contribution in [2.24, 2.45) is 0 Å². The molecule has 10 aromatic carbocycles. The molecule has 0 N–H and O–H groups in total. The van der Waals surface area contributed by atoms with Crippen LogP contribution in [0.5, 0.6) is 0 Å². The zero-order chi connectivity index (χ0) is 41.6. The van der Waals surface area contributed by atoms with Crippen LogP contribution in [0.3, 0.4) is 0 Å². The van der Waals surface area contributed by atoms with Crippen LogP contribution in [0.4, 0.5) is 17.1 Å². The van der Waals surface area contributed by atoms with E-state index in [1.54, 1.807) is 0 Å². The maximum absolute atomic E-state index is 2.48. The fourth-order valence-corrected chi connectivity index (χ4v) is 9.87. The third kappa shape index (κ3) is 6.42. The Morgan fingerprint density at radius 3 is 1.52 bits per heavy atom. The predicted molar refractivity (Wildman–Crippen MR) is 263 cm³/mol. The zero-order valence-electron chi connectivity index (χ0n) is 35.0. The summed E-state index contributed by atoms with van der Waals surface area (Å²) in [5.74, 6) is 0. The molecular formula is C61H45N. The number of benzene rings is 10. The van der Waals surface area contributed by atoms with Crippen LogP contribution in [-0.4, -0.2) is 0 Å². The molecule has 0 saturated carbocycles. The minimum Gasteiger partial charge on any atom is -0.310 e. The summed E-state index contributed by atoms with van der Waals surface area (Å²) in [6.45, 7) is 4.72. The molecule has 0 aromatic heterocycles. The van der Waals surface area contributed by atoms with Gasteiger partial charge in [-0.1, -0.05) is 214 Å². The molecule has 0 unspecified atom stereocenters. The third-order valence-electron chi connectivity index (χ3n) is 12.9. The van der Waals surface area contributed by atoms with Crippen molar-refractivity contribution in [2.75, 3.05) is 4.90 Å². The van der Waals surface area contributed by atoms with Crippen LogP contribution in [-0.2, 0) is 5.41 Å². The lowest BCUT2D eigenvalue weighted by molar-refractivity contribution is 0.660. The molecule has 11 rings (SSSR count). The Morgan fingerprint density at radius 1 is 0.290 bits per heavy atom. The Morgan fingerprint density at radius 2 is 0.774 bits per heavy atom. The van der Waals surface area contributed by atoms with Gasteiger partial charge in [0.05, 0.1) is 5.69 Å². The average Bonchev–Trinajstić information content (AvgIpc) is 3.58. The first-order chi connectivity index (χ1) is 30.5. The monoisotopic (exact) mass is 791 g/mol. The highest BCUT2D eigenvalue weighted by Crippen LogP contribution is 2.53. The van der Waals surface area contributed by atoms with E-state index in [1.807, 2.05) is 0 Å². The van der Waals surface area contributed by atoms with Gasteiger partial charge in [0.15, 0.2) is 0 Å². The molecule has 1 heteroatoms. The van der Waals surface area contributed by atoms with E-state index < -0.39 is 0 Å². The van der Waals surface area contributed by atoms with Crippen molar-refractivity contribution in [2.45, 2.75) is 19.3 Å². The predicted octanol–water partition coefficient (Wildman–Crippen LogP) is 17.0. The molecule has 0 atom stereocenters. The molecule has 294 valence electrons. The van der Waals surface area contributed by atoms with Crippen molar-refractivity contribution in [3.05, 3.63) is 248 Å². The summed E-state index contributed by atoms with van der Waals surface area (Å²) in [7, 11) is 0. The van der Waals surface area contributed by atoms with E-state index >= 15 is 0 Å². The van der Waals surface area contributed by atoms with Crippen molar-refractivity contribution in [3.63, 3.8) is 0 Å². The van der Waals surface area contributed by atoms with Crippen molar-refractivity contribution in [1.82, 2.24) is 0 Å². The first kappa shape index (κ1) is 37.3. The van der Waals surface area contributed by atoms with Gasteiger partial charge in [-0.2, -0.15) is 0 Å². The number of rotatable bonds is 8. The van der Waals surface area contributed by atoms with Gasteiger partial charge >= 0.3 is 0 Å². The lowest BCUT2D eigenvalue weighted by atomic mass is 9.82. The number of nitrogens with zero attached hydrogens (tertiary/aromatic N) is 1. The lowest BCUT2D eigenvalue weighted by Gasteiger charge is -2.30. The standard InChI is InChI=1S/C61H45N/c1-61(2)56-34-14-13-31-55(56)59-53(32-17-35-57(59)61)48-26-16-28-50(41-48)62(49-27-15-25-46(40-49)47-38-37-42-19-9-10-24-45(42)39-47)58-36-18-33-52(44-22-7-4-8-23-44)60(58)54-30-12-11-29-51(54)43-20-5-3-6-21-43/h3-41H,1-2H3. The molecule has 62 heavy (non-hydrogen) atoms. The summed E-state index contributed by atoms with van der Waals surface area (Å²) >= 11 is 0. The van der Waals surface area contributed by atoms with Crippen LogP contribution in [0.15, 0.2) is 237 Å². The minimum absolute atomic E-state index is 0.0896. The van der Waals surface area contributed by atoms with E-state index in [0.29, 0.717) is 0 Å². The van der Waals surface area contributed by atoms with Gasteiger partial charge in [-0.05, 0) is 119 Å². The highest BCUT2D eigenvalue weighted by Gasteiger charge is 2.36. The number of anilines is 3. The second-order valence-electron chi connectivity index (χ2n) is 16.9. The van der Waals surface area contributed by atoms with Gasteiger partial charge in [-0.25, -0.2) is 0 Å². The highest BCUT2D eigenvalue weighted by atomic mass is 15.1. The Hall–Kier alpha value is -7.74. The molecule has 0 heterocycles. The van der Waals surface area contributed by atoms with E-state index in [0.717, 1.165) is 17.1 Å². The summed E-state index contributed by atoms with van der Waals surface area (Å²) < 4.78 is 0. The van der Waals surface area contributed by atoms with Crippen molar-refractivity contribution in [3.8, 4) is 66.8 Å². The van der Waals surface area contributed by atoms with Crippen molar-refractivity contribution < 1.29 is 0 Å². The molecule has 0 fully saturated rings. The minimum atomic E-state index is -0.0896. The van der Waals surface area contributed by atoms with E-state index in [2.05, 4.69) is 255 Å². The van der Waals surface area contributed by atoms with Crippen LogP contribution in [0, 0.1) is 0 Å². The van der Waals surface area contributed by atoms with Gasteiger partial charge in [0.1, 0.15) is 0 Å². The van der Waals surface area contributed by atoms with Gasteiger partial charge in [0.2, 0.25) is 0 Å². The van der Waals surface area contributed by atoms with Crippen LogP contribution < -0.4 is 4.90 Å². The summed E-state index contributed by atoms with van der Waals surface area (Å²) in [5.41, 5.74) is 20.5. The quantitative estimate of drug-likeness (QED) is 0.148. The van der Waals surface area contributed by atoms with Crippen LogP contribution in [0.2, 0.25) is 0 Å². The van der Waals surface area contributed by atoms with E-state index in [4.69, 9.17) is 0 Å². The Kier molecular flexibility index (Phi) is 9.24. The molecule has 1 nitrogen and oxygen atoms in total. The summed E-state index contributed by atoms with van der Waals surface area (Å²) in [6.07, 6.45) is 0. The summed E-state index contributed by atoms with van der Waals surface area (Å²) in [6, 6.07) is 86.8. The average molecular weight is 792 g/mol. The van der Waals surface area contributed by atoms with Crippen molar-refractivity contribution >= 4 is 27.8 Å². The van der Waals surface area contributed by atoms with Crippen LogP contribution >= 0.6 is 0 Å². The number of hydrogen-bond donors (Lipinski definition) is 0. The second-order valence-corrected chi connectivity index (χ2v) is 16.9. The number of hydrogen-bond acceptors (Lipinski definition) is 1. The molecule has 0 spiro atoms. The first-order valence-corrected chi connectivity index (χ1v) is 21.6. The van der Waals surface area contributed by atoms with Crippen LogP contribution in [0.1, 0.15) is 25.0 Å². The Balaban J connectivity index is 1.17. The first-order valence-electron chi connectivity index (χ1n) is 21.6. The maximum atomic E-state index is 2.48. The smallest absolute Gasteiger partial charge is 0.0546 e. The normalized spacial score (nSPS) is 12.5. The molecule has 0 saturated heterocycles. The molecule has 1 aliphatic rings. The molecular weight excluding hydrogens is 747 g/mol. The van der Waals surface area contributed by atoms with Crippen LogP contribution in [0.25, 0.3) is 77.5 Å². The fourth-order valence-electron chi connectivity index (χ4n) is 9.87.